The summed E-state index contributed by atoms with van der Waals surface area (Å²) >= 11 is 21.3. The van der Waals surface area contributed by atoms with Crippen molar-refractivity contribution in [3.63, 3.8) is 0 Å². The van der Waals surface area contributed by atoms with Gasteiger partial charge in [0.2, 0.25) is 0 Å². The number of rotatable bonds is 44. The van der Waals surface area contributed by atoms with Crippen LogP contribution in [0.4, 0.5) is 0 Å². The second-order valence-corrected chi connectivity index (χ2v) is 50.7. The van der Waals surface area contributed by atoms with E-state index < -0.39 is 16.1 Å². The van der Waals surface area contributed by atoms with Crippen LogP contribution in [-0.4, -0.2) is 201 Å². The SMILES string of the molecule is BrCc1ccc(CBr)c2c1OCCOCCOCCOCCO2.C/C=C/c1ccc(/C=C/c2ccc(C)c3c2OCCOCCOCCOCCO3)c(OCCCC)c1OCCCC.C/C=C/c1ccc(/C=C/c2ccc(C)c3c2OCCOCCOCCOCCO3)cc1[Si](C)(C)CCCCCCCC.CCCCCCCC[Si](C)(C)c1cc(CBr)ccc1CBr.CCCCOc1c(CBr)ccc(CBr)c1OCCCC. The van der Waals surface area contributed by atoms with Crippen LogP contribution in [-0.2, 0) is 74.6 Å². The molecular weight excluding hydrogens is 2280 g/mol. The first-order valence-corrected chi connectivity index (χ1v) is 67.4. The highest BCUT2D eigenvalue weighted by atomic mass is 79.9. The molecule has 822 valence electrons. The lowest BCUT2D eigenvalue weighted by atomic mass is 10.0. The van der Waals surface area contributed by atoms with E-state index in [9.17, 15) is 0 Å². The average molecular weight is 2460 g/mol. The summed E-state index contributed by atoms with van der Waals surface area (Å²) < 4.78 is 112. The Labute approximate surface area is 938 Å². The largest absolute Gasteiger partial charge is 0.489 e. The summed E-state index contributed by atoms with van der Waals surface area (Å²) in [6.07, 6.45) is 41.9. The molecule has 19 nitrogen and oxygen atoms in total. The minimum absolute atomic E-state index is 0.399. The molecule has 0 aromatic heterocycles. The zero-order valence-corrected chi connectivity index (χ0v) is 103. The number of aryl methyl sites for hydroxylation is 2. The molecule has 0 bridgehead atoms. The van der Waals surface area contributed by atoms with E-state index >= 15 is 0 Å². The zero-order chi connectivity index (χ0) is 106. The van der Waals surface area contributed by atoms with E-state index in [1.807, 2.05) is 44.2 Å². The van der Waals surface area contributed by atoms with Gasteiger partial charge in [-0.25, -0.2) is 0 Å². The number of hydrogen-bond acceptors (Lipinski definition) is 19. The maximum absolute atomic E-state index is 6.36. The van der Waals surface area contributed by atoms with Gasteiger partial charge in [-0.1, -0.05) is 434 Å². The van der Waals surface area contributed by atoms with Crippen LogP contribution in [0.1, 0.15) is 262 Å². The third-order valence-electron chi connectivity index (χ3n) is 24.9. The van der Waals surface area contributed by atoms with E-state index in [-0.39, 0.29) is 0 Å². The van der Waals surface area contributed by atoms with Crippen LogP contribution in [0.15, 0.2) is 109 Å². The van der Waals surface area contributed by atoms with Gasteiger partial charge in [0.05, 0.1) is 161 Å². The molecule has 0 radical (unpaired) electrons. The first kappa shape index (κ1) is 130. The predicted molar refractivity (Wildman–Crippen MR) is 640 cm³/mol. The van der Waals surface area contributed by atoms with Crippen molar-refractivity contribution < 1.29 is 90.0 Å². The minimum Gasteiger partial charge on any atom is -0.489 e. The van der Waals surface area contributed by atoms with Gasteiger partial charge in [0, 0.05) is 76.5 Å². The summed E-state index contributed by atoms with van der Waals surface area (Å²) in [6, 6.07) is 37.5. The van der Waals surface area contributed by atoms with Gasteiger partial charge in [0.15, 0.2) is 57.5 Å². The van der Waals surface area contributed by atoms with Crippen LogP contribution < -0.4 is 57.7 Å². The molecule has 0 spiro atoms. The highest BCUT2D eigenvalue weighted by molar-refractivity contribution is 9.09. The third-order valence-corrected chi connectivity index (χ3v) is 35.6. The molecule has 0 aliphatic carbocycles. The Balaban J connectivity index is 0.000000291. The van der Waals surface area contributed by atoms with Crippen molar-refractivity contribution >= 4 is 159 Å². The molecule has 0 unspecified atom stereocenters. The van der Waals surface area contributed by atoms with E-state index in [2.05, 4.69) is 292 Å². The Morgan fingerprint density at radius 2 is 0.537 bits per heavy atom. The van der Waals surface area contributed by atoms with Crippen molar-refractivity contribution in [2.75, 3.05) is 185 Å². The number of benzene rings is 7. The standard InChI is InChI=1S/C36H54O5Si.C34H48O7.C18H30Br2Si.C16H22Br2O5.C16H24Br2O2/c1-6-8-9-10-11-12-28-42(4,5)34-29-31(15-18-32(34)13-7-2)16-19-33-17-14-30(3)35-36(33)41-27-25-39-23-21-37-20-22-38-24-26-40-35;1-5-8-17-38-33-28(10-7-3)13-14-30(34(33)39-18-9-6-2)16-15-29-12-11-27(4)31-32(29)41-26-24-37-22-20-35-19-21-36-23-25-40-31;1-4-5-6-7-8-9-12-21(2,3)18-13-16(14-19)10-11-17(18)15-20;17-11-13-1-2-14(12-18)16-15(13)22-9-7-20-5-3-19-4-6-21-8-10-23-16;1-3-5-9-19-15-13(11-17)7-8-14(12-18)16(15)20-10-6-4-2/h7,13-19,29H,6,8-12,20-28H2,1-5H3;7,10-16H,5-6,8-9,17-26H2,1-4H3;10-11,13H,4-9,12,14-15H2,1-3H3;1-2H,3-12H2;7-8H,3-6,9-12H2,1-2H3/b13-7+,19-16+;10-7+,16-15+;;;. The summed E-state index contributed by atoms with van der Waals surface area (Å²) in [4.78, 5) is 0. The Hall–Kier alpha value is -5.55. The molecule has 27 heteroatoms. The smallest absolute Gasteiger partial charge is 0.168 e. The molecule has 0 saturated carbocycles. The number of fused-ring (bicyclic) bond motifs is 3. The topological polar surface area (TPSA) is 175 Å². The van der Waals surface area contributed by atoms with E-state index in [1.54, 1.807) is 10.4 Å². The molecule has 3 heterocycles. The van der Waals surface area contributed by atoms with Crippen molar-refractivity contribution in [3.05, 3.63) is 187 Å². The predicted octanol–water partition coefficient (Wildman–Crippen LogP) is 31.6. The van der Waals surface area contributed by atoms with Gasteiger partial charge in [-0.05, 0) is 86.8 Å². The number of unbranched alkanes of at least 4 members (excludes halogenated alkanes) is 14. The van der Waals surface area contributed by atoms with Crippen molar-refractivity contribution in [1.82, 2.24) is 0 Å². The first-order valence-electron chi connectivity index (χ1n) is 54.3. The van der Waals surface area contributed by atoms with Crippen molar-refractivity contribution in [3.8, 4) is 57.5 Å². The second-order valence-electron chi connectivity index (χ2n) is 37.8. The molecular formula is C120H178Br6O19Si2. The molecule has 0 amide bonds. The highest BCUT2D eigenvalue weighted by Gasteiger charge is 2.29. The fourth-order valence-corrected chi connectivity index (χ4v) is 25.2. The van der Waals surface area contributed by atoms with Crippen LogP contribution in [0.25, 0.3) is 36.5 Å². The summed E-state index contributed by atoms with van der Waals surface area (Å²) in [7, 11) is -2.92. The van der Waals surface area contributed by atoms with Crippen LogP contribution in [0.5, 0.6) is 57.5 Å². The Morgan fingerprint density at radius 1 is 0.252 bits per heavy atom. The van der Waals surface area contributed by atoms with Crippen LogP contribution in [0, 0.1) is 13.8 Å². The maximum atomic E-state index is 6.36. The van der Waals surface area contributed by atoms with Gasteiger partial charge >= 0.3 is 0 Å². The molecule has 0 fully saturated rings. The van der Waals surface area contributed by atoms with Gasteiger partial charge in [-0.3, -0.25) is 0 Å². The summed E-state index contributed by atoms with van der Waals surface area (Å²) in [5.41, 5.74) is 15.8. The number of hydrogen-bond donors (Lipinski definition) is 0. The quantitative estimate of drug-likeness (QED) is 0.0152. The molecule has 7 aromatic rings. The van der Waals surface area contributed by atoms with E-state index in [0.29, 0.717) is 194 Å². The van der Waals surface area contributed by atoms with Crippen LogP contribution in [0.3, 0.4) is 0 Å². The Kier molecular flexibility index (Phi) is 71.8. The van der Waals surface area contributed by atoms with Crippen molar-refractivity contribution in [2.45, 2.75) is 268 Å². The van der Waals surface area contributed by atoms with Crippen LogP contribution >= 0.6 is 95.6 Å². The van der Waals surface area contributed by atoms with Gasteiger partial charge in [0.25, 0.3) is 0 Å². The normalized spacial score (nSPS) is 14.9. The molecule has 0 atom stereocenters. The zero-order valence-electron chi connectivity index (χ0n) is 91.5. The number of ether oxygens (including phenoxy) is 19. The van der Waals surface area contributed by atoms with Gasteiger partial charge in [-0.15, -0.1) is 0 Å². The second kappa shape index (κ2) is 81.2. The lowest BCUT2D eigenvalue weighted by Crippen LogP contribution is -2.43. The molecule has 147 heavy (non-hydrogen) atoms. The van der Waals surface area contributed by atoms with E-state index in [1.165, 1.54) is 111 Å². The highest BCUT2D eigenvalue weighted by Crippen LogP contribution is 2.44. The van der Waals surface area contributed by atoms with Crippen LogP contribution in [0.2, 0.25) is 38.3 Å². The van der Waals surface area contributed by atoms with Gasteiger partial charge in [0.1, 0.15) is 39.6 Å². The average Bonchev–Trinajstić information content (AvgIpc) is 0.768. The van der Waals surface area contributed by atoms with E-state index in [4.69, 9.17) is 90.0 Å². The monoisotopic (exact) mass is 2450 g/mol. The van der Waals surface area contributed by atoms with Crippen molar-refractivity contribution in [2.24, 2.45) is 0 Å². The molecule has 7 aromatic carbocycles. The third kappa shape index (κ3) is 50.3. The number of alkyl halides is 6. The number of halogens is 6. The molecule has 0 saturated heterocycles. The Morgan fingerprint density at radius 3 is 0.898 bits per heavy atom. The molecule has 10 rings (SSSR count). The minimum atomic E-state index is -1.61. The summed E-state index contributed by atoms with van der Waals surface area (Å²) in [5, 5.41) is 8.10. The maximum Gasteiger partial charge on any atom is 0.168 e. The molecule has 3 aliphatic heterocycles. The molecule has 3 aliphatic rings. The van der Waals surface area contributed by atoms with Crippen molar-refractivity contribution in [1.29, 1.82) is 0 Å². The van der Waals surface area contributed by atoms with Gasteiger partial charge < -0.3 is 90.0 Å². The lowest BCUT2D eigenvalue weighted by Gasteiger charge is -2.26. The fourth-order valence-electron chi connectivity index (χ4n) is 16.4. The van der Waals surface area contributed by atoms with Gasteiger partial charge in [-0.2, -0.15) is 0 Å². The fraction of sp³-hybridized carbons (Fsp3) is 0.583. The first-order chi connectivity index (χ1) is 71.8. The summed E-state index contributed by atoms with van der Waals surface area (Å²) in [6.45, 7) is 46.5. The Bertz CT molecular complexity index is 4740. The molecule has 0 N–H and O–H groups in total. The lowest BCUT2D eigenvalue weighted by molar-refractivity contribution is 0.00705. The number of allylic oxidation sites excluding steroid dienone is 2. The van der Waals surface area contributed by atoms with E-state index in [0.717, 1.165) is 188 Å². The summed E-state index contributed by atoms with van der Waals surface area (Å²) in [5.74, 6) is 7.84.